The molecule has 0 aromatic heterocycles. The Labute approximate surface area is 114 Å². The average molecular weight is 264 g/mol. The van der Waals surface area contributed by atoms with Crippen molar-refractivity contribution in [3.8, 4) is 0 Å². The number of amides is 1. The van der Waals surface area contributed by atoms with E-state index in [1.807, 2.05) is 24.3 Å². The van der Waals surface area contributed by atoms with E-state index in [-0.39, 0.29) is 11.3 Å². The van der Waals surface area contributed by atoms with Gasteiger partial charge in [0.05, 0.1) is 0 Å². The lowest BCUT2D eigenvalue weighted by Gasteiger charge is -2.23. The lowest BCUT2D eigenvalue weighted by atomic mass is 9.91. The summed E-state index contributed by atoms with van der Waals surface area (Å²) in [5, 5.41) is 0. The second kappa shape index (κ2) is 5.48. The third kappa shape index (κ3) is 4.11. The number of anilines is 1. The van der Waals surface area contributed by atoms with E-state index in [1.165, 1.54) is 0 Å². The number of nitrogens with two attached hydrogens (primary N) is 1. The molecular weight excluding hydrogens is 244 g/mol. The summed E-state index contributed by atoms with van der Waals surface area (Å²) in [4.78, 5) is 14.1. The first-order chi connectivity index (χ1) is 8.20. The predicted molar refractivity (Wildman–Crippen MR) is 79.8 cm³/mol. The Morgan fingerprint density at radius 1 is 1.28 bits per heavy atom. The minimum atomic E-state index is -0.00981. The SMILES string of the molecule is CN(C(=O)CC(C)(C)C)c1ccc(C(N)=S)cc1. The van der Waals surface area contributed by atoms with Crippen LogP contribution in [0.5, 0.6) is 0 Å². The average Bonchev–Trinajstić information content (AvgIpc) is 2.26. The van der Waals surface area contributed by atoms with Crippen LogP contribution >= 0.6 is 12.2 Å². The maximum Gasteiger partial charge on any atom is 0.227 e. The summed E-state index contributed by atoms with van der Waals surface area (Å²) < 4.78 is 0. The molecule has 2 N–H and O–H groups in total. The number of carbonyl (C=O) groups is 1. The first-order valence-electron chi connectivity index (χ1n) is 5.87. The van der Waals surface area contributed by atoms with E-state index in [1.54, 1.807) is 11.9 Å². The van der Waals surface area contributed by atoms with E-state index in [0.29, 0.717) is 11.4 Å². The van der Waals surface area contributed by atoms with Gasteiger partial charge in [-0.3, -0.25) is 4.79 Å². The number of hydrogen-bond acceptors (Lipinski definition) is 2. The van der Waals surface area contributed by atoms with Crippen LogP contribution in [0.1, 0.15) is 32.8 Å². The Morgan fingerprint density at radius 3 is 2.17 bits per heavy atom. The molecule has 0 aliphatic rings. The monoisotopic (exact) mass is 264 g/mol. The fraction of sp³-hybridized carbons (Fsp3) is 0.429. The van der Waals surface area contributed by atoms with Crippen LogP contribution in [-0.2, 0) is 4.79 Å². The third-order valence-electron chi connectivity index (χ3n) is 2.59. The molecule has 1 aromatic rings. The number of benzene rings is 1. The van der Waals surface area contributed by atoms with Gasteiger partial charge >= 0.3 is 0 Å². The van der Waals surface area contributed by atoms with Crippen molar-refractivity contribution in [1.29, 1.82) is 0 Å². The van der Waals surface area contributed by atoms with Gasteiger partial charge in [0, 0.05) is 24.7 Å². The highest BCUT2D eigenvalue weighted by Gasteiger charge is 2.19. The Bertz CT molecular complexity index is 446. The molecule has 1 amide bonds. The van der Waals surface area contributed by atoms with Crippen LogP contribution in [0.3, 0.4) is 0 Å². The van der Waals surface area contributed by atoms with Crippen molar-refractivity contribution in [2.75, 3.05) is 11.9 Å². The molecule has 18 heavy (non-hydrogen) atoms. The predicted octanol–water partition coefficient (Wildman–Crippen LogP) is 2.72. The minimum absolute atomic E-state index is 0.00981. The Morgan fingerprint density at radius 2 is 1.78 bits per heavy atom. The molecular formula is C14H20N2OS. The lowest BCUT2D eigenvalue weighted by Crippen LogP contribution is -2.29. The Kier molecular flexibility index (Phi) is 4.46. The van der Waals surface area contributed by atoms with Gasteiger partial charge in [0.2, 0.25) is 5.91 Å². The summed E-state index contributed by atoms with van der Waals surface area (Å²) in [5.74, 6) is 0.102. The van der Waals surface area contributed by atoms with Crippen LogP contribution in [0.2, 0.25) is 0 Å². The van der Waals surface area contributed by atoms with Crippen LogP contribution in [0.15, 0.2) is 24.3 Å². The van der Waals surface area contributed by atoms with Crippen molar-refractivity contribution in [3.05, 3.63) is 29.8 Å². The van der Waals surface area contributed by atoms with Crippen molar-refractivity contribution >= 4 is 28.8 Å². The summed E-state index contributed by atoms with van der Waals surface area (Å²) in [5.41, 5.74) is 7.19. The van der Waals surface area contributed by atoms with Crippen LogP contribution in [0.25, 0.3) is 0 Å². The van der Waals surface area contributed by atoms with Crippen molar-refractivity contribution in [2.45, 2.75) is 27.2 Å². The van der Waals surface area contributed by atoms with Gasteiger partial charge in [-0.1, -0.05) is 33.0 Å². The standard InChI is InChI=1S/C14H20N2OS/c1-14(2,3)9-12(17)16(4)11-7-5-10(6-8-11)13(15)18/h5-8H,9H2,1-4H3,(H2,15,18). The molecule has 0 aliphatic carbocycles. The van der Waals surface area contributed by atoms with Crippen molar-refractivity contribution in [3.63, 3.8) is 0 Å². The largest absolute Gasteiger partial charge is 0.389 e. The highest BCUT2D eigenvalue weighted by molar-refractivity contribution is 7.80. The first kappa shape index (κ1) is 14.6. The van der Waals surface area contributed by atoms with Crippen LogP contribution in [-0.4, -0.2) is 17.9 Å². The minimum Gasteiger partial charge on any atom is -0.389 e. The number of carbonyl (C=O) groups excluding carboxylic acids is 1. The van der Waals surface area contributed by atoms with Crippen molar-refractivity contribution in [1.82, 2.24) is 0 Å². The zero-order chi connectivity index (χ0) is 13.9. The fourth-order valence-corrected chi connectivity index (χ4v) is 1.70. The molecule has 3 nitrogen and oxygen atoms in total. The van der Waals surface area contributed by atoms with Crippen molar-refractivity contribution < 1.29 is 4.79 Å². The molecule has 1 rings (SSSR count). The van der Waals surface area contributed by atoms with Gasteiger partial charge < -0.3 is 10.6 Å². The molecule has 1 aromatic carbocycles. The second-order valence-corrected chi connectivity index (χ2v) is 6.04. The topological polar surface area (TPSA) is 46.3 Å². The Balaban J connectivity index is 2.81. The van der Waals surface area contributed by atoms with Gasteiger partial charge in [-0.2, -0.15) is 0 Å². The van der Waals surface area contributed by atoms with Crippen LogP contribution < -0.4 is 10.6 Å². The normalized spacial score (nSPS) is 11.1. The quantitative estimate of drug-likeness (QED) is 0.854. The summed E-state index contributed by atoms with van der Waals surface area (Å²) in [7, 11) is 1.78. The highest BCUT2D eigenvalue weighted by Crippen LogP contribution is 2.22. The first-order valence-corrected chi connectivity index (χ1v) is 6.28. The molecule has 98 valence electrons. The molecule has 0 fully saturated rings. The summed E-state index contributed by atoms with van der Waals surface area (Å²) >= 11 is 4.89. The molecule has 0 atom stereocenters. The van der Waals surface area contributed by atoms with E-state index in [4.69, 9.17) is 18.0 Å². The number of nitrogens with zero attached hydrogens (tertiary/aromatic N) is 1. The molecule has 0 aliphatic heterocycles. The van der Waals surface area contributed by atoms with Gasteiger partial charge in [-0.25, -0.2) is 0 Å². The number of thiocarbonyl (C=S) groups is 1. The second-order valence-electron chi connectivity index (χ2n) is 5.60. The van der Waals surface area contributed by atoms with E-state index in [0.717, 1.165) is 11.3 Å². The molecule has 0 heterocycles. The molecule has 0 saturated carbocycles. The van der Waals surface area contributed by atoms with Gasteiger partial charge in [0.15, 0.2) is 0 Å². The maximum atomic E-state index is 12.1. The van der Waals surface area contributed by atoms with Crippen molar-refractivity contribution in [2.24, 2.45) is 11.1 Å². The highest BCUT2D eigenvalue weighted by atomic mass is 32.1. The molecule has 0 bridgehead atoms. The van der Waals surface area contributed by atoms with Gasteiger partial charge in [-0.15, -0.1) is 0 Å². The Hall–Kier alpha value is -1.42. The number of rotatable bonds is 3. The fourth-order valence-electron chi connectivity index (χ4n) is 1.57. The van der Waals surface area contributed by atoms with Crippen LogP contribution in [0, 0.1) is 5.41 Å². The molecule has 0 unspecified atom stereocenters. The molecule has 0 spiro atoms. The van der Waals surface area contributed by atoms with E-state index >= 15 is 0 Å². The summed E-state index contributed by atoms with van der Waals surface area (Å²) in [6.45, 7) is 6.15. The third-order valence-corrected chi connectivity index (χ3v) is 2.83. The lowest BCUT2D eigenvalue weighted by molar-refractivity contribution is -0.120. The molecule has 0 saturated heterocycles. The zero-order valence-corrected chi connectivity index (χ0v) is 12.2. The number of hydrogen-bond donors (Lipinski definition) is 1. The van der Waals surface area contributed by atoms with E-state index in [9.17, 15) is 4.79 Å². The van der Waals surface area contributed by atoms with E-state index in [2.05, 4.69) is 20.8 Å². The smallest absolute Gasteiger partial charge is 0.227 e. The van der Waals surface area contributed by atoms with Gasteiger partial charge in [0.25, 0.3) is 0 Å². The van der Waals surface area contributed by atoms with E-state index < -0.39 is 0 Å². The molecule has 0 radical (unpaired) electrons. The maximum absolute atomic E-state index is 12.1. The molecule has 4 heteroatoms. The van der Waals surface area contributed by atoms with Crippen LogP contribution in [0.4, 0.5) is 5.69 Å². The summed E-state index contributed by atoms with van der Waals surface area (Å²) in [6, 6.07) is 7.38. The summed E-state index contributed by atoms with van der Waals surface area (Å²) in [6.07, 6.45) is 0.514. The zero-order valence-electron chi connectivity index (χ0n) is 11.4. The van der Waals surface area contributed by atoms with Gasteiger partial charge in [0.1, 0.15) is 4.99 Å². The van der Waals surface area contributed by atoms with Gasteiger partial charge in [-0.05, 0) is 29.7 Å².